The summed E-state index contributed by atoms with van der Waals surface area (Å²) in [4.78, 5) is 22.6. The molecule has 0 radical (unpaired) electrons. The van der Waals surface area contributed by atoms with Crippen LogP contribution in [-0.2, 0) is 4.74 Å². The molecule has 0 saturated heterocycles. The summed E-state index contributed by atoms with van der Waals surface area (Å²) in [6, 6.07) is 10.5. The number of ether oxygens (including phenoxy) is 2. The van der Waals surface area contributed by atoms with E-state index in [9.17, 15) is 10.1 Å². The van der Waals surface area contributed by atoms with Crippen molar-refractivity contribution in [3.63, 3.8) is 0 Å². The minimum absolute atomic E-state index is 0.0702. The Labute approximate surface area is 199 Å². The number of nitrogens with one attached hydrogen (secondary N) is 1. The van der Waals surface area contributed by atoms with Crippen LogP contribution in [0.25, 0.3) is 0 Å². The number of rotatable bonds is 7. The van der Waals surface area contributed by atoms with Crippen LogP contribution in [0.5, 0.6) is 5.88 Å². The topological polar surface area (TPSA) is 100 Å². The van der Waals surface area contributed by atoms with E-state index in [0.717, 1.165) is 16.2 Å². The molecular formula is C22H30BrN5O3Si. The number of anilines is 3. The average Bonchev–Trinajstić information content (AvgIpc) is 2.66. The van der Waals surface area contributed by atoms with Crippen molar-refractivity contribution < 1.29 is 14.3 Å². The number of benzene rings is 1. The second-order valence-electron chi connectivity index (χ2n) is 9.49. The number of hydrogen-bond donors (Lipinski definition) is 1. The summed E-state index contributed by atoms with van der Waals surface area (Å²) in [5.41, 5.74) is 0.222. The molecule has 0 bridgehead atoms. The van der Waals surface area contributed by atoms with Gasteiger partial charge in [0.25, 0.3) is 0 Å². The lowest BCUT2D eigenvalue weighted by atomic mass is 10.2. The zero-order valence-corrected chi connectivity index (χ0v) is 22.2. The molecule has 1 aromatic heterocycles. The highest BCUT2D eigenvalue weighted by Crippen LogP contribution is 2.29. The van der Waals surface area contributed by atoms with E-state index in [0.29, 0.717) is 6.61 Å². The molecular weight excluding hydrogens is 490 g/mol. The Hall–Kier alpha value is -2.64. The van der Waals surface area contributed by atoms with Gasteiger partial charge in [-0.05, 0) is 51.1 Å². The van der Waals surface area contributed by atoms with Gasteiger partial charge in [-0.1, -0.05) is 35.6 Å². The third-order valence-electron chi connectivity index (χ3n) is 4.14. The molecule has 0 aliphatic rings. The van der Waals surface area contributed by atoms with Gasteiger partial charge in [0.2, 0.25) is 11.8 Å². The van der Waals surface area contributed by atoms with Crippen LogP contribution in [0.15, 0.2) is 28.7 Å². The van der Waals surface area contributed by atoms with Crippen molar-refractivity contribution in [2.24, 2.45) is 0 Å². The number of carbonyl (C=O) groups is 1. The Bertz CT molecular complexity index is 995. The number of nitriles is 1. The Kier molecular flexibility index (Phi) is 8.26. The normalized spacial score (nSPS) is 11.5. The number of halogens is 1. The summed E-state index contributed by atoms with van der Waals surface area (Å²) in [6.07, 6.45) is -0.607. The van der Waals surface area contributed by atoms with Crippen LogP contribution in [0, 0.1) is 11.3 Å². The van der Waals surface area contributed by atoms with Gasteiger partial charge in [0, 0.05) is 25.3 Å². The Morgan fingerprint density at radius 3 is 2.38 bits per heavy atom. The van der Waals surface area contributed by atoms with E-state index < -0.39 is 19.8 Å². The summed E-state index contributed by atoms with van der Waals surface area (Å²) >= 11 is 3.40. The van der Waals surface area contributed by atoms with Crippen molar-refractivity contribution in [1.29, 1.82) is 5.26 Å². The summed E-state index contributed by atoms with van der Waals surface area (Å²) < 4.78 is 12.3. The van der Waals surface area contributed by atoms with Crippen molar-refractivity contribution in [3.8, 4) is 11.9 Å². The molecule has 0 aliphatic heterocycles. The highest BCUT2D eigenvalue weighted by atomic mass is 79.9. The molecule has 0 aliphatic carbocycles. The lowest BCUT2D eigenvalue weighted by molar-refractivity contribution is 0.0587. The minimum Gasteiger partial charge on any atom is -0.477 e. The summed E-state index contributed by atoms with van der Waals surface area (Å²) in [5.74, 6) is 0.449. The second-order valence-corrected chi connectivity index (χ2v) is 16.0. The minimum atomic E-state index is -1.35. The maximum absolute atomic E-state index is 12.6. The lowest BCUT2D eigenvalue weighted by Gasteiger charge is -2.24. The molecule has 0 saturated carbocycles. The monoisotopic (exact) mass is 519 g/mol. The first-order valence-electron chi connectivity index (χ1n) is 10.2. The fourth-order valence-electron chi connectivity index (χ4n) is 2.41. The molecule has 10 heteroatoms. The first-order chi connectivity index (χ1) is 14.8. The van der Waals surface area contributed by atoms with Gasteiger partial charge in [0.1, 0.15) is 11.7 Å². The van der Waals surface area contributed by atoms with Crippen molar-refractivity contribution >= 4 is 47.6 Å². The number of carbonyl (C=O) groups excluding carboxylic acids is 1. The SMILES string of the molecule is CN(C(=O)OC(C)(C)C)c1nc(Nc2ccc(Br)cc2)c(C#N)c(OCC[Si](C)(C)C)n1. The van der Waals surface area contributed by atoms with Crippen LogP contribution in [-0.4, -0.2) is 43.4 Å². The first kappa shape index (κ1) is 25.6. The van der Waals surface area contributed by atoms with E-state index in [4.69, 9.17) is 9.47 Å². The maximum Gasteiger partial charge on any atom is 0.416 e. The largest absolute Gasteiger partial charge is 0.477 e. The summed E-state index contributed by atoms with van der Waals surface area (Å²) in [5, 5.41) is 13.0. The zero-order chi connectivity index (χ0) is 24.1. The Morgan fingerprint density at radius 2 is 1.84 bits per heavy atom. The molecule has 32 heavy (non-hydrogen) atoms. The average molecular weight is 521 g/mol. The highest BCUT2D eigenvalue weighted by molar-refractivity contribution is 9.10. The molecule has 0 atom stereocenters. The molecule has 2 aromatic rings. The predicted molar refractivity (Wildman–Crippen MR) is 132 cm³/mol. The summed E-state index contributed by atoms with van der Waals surface area (Å²) in [6.45, 7) is 12.5. The molecule has 1 N–H and O–H groups in total. The molecule has 1 aromatic carbocycles. The van der Waals surface area contributed by atoms with E-state index in [1.165, 1.54) is 11.9 Å². The maximum atomic E-state index is 12.6. The van der Waals surface area contributed by atoms with Gasteiger partial charge in [0.15, 0.2) is 11.4 Å². The van der Waals surface area contributed by atoms with Gasteiger partial charge in [-0.25, -0.2) is 9.69 Å². The standard InChI is InChI=1S/C22H30BrN5O3Si/c1-22(2,3)31-21(29)28(4)20-26-18(25-16-10-8-15(23)9-11-16)17(14-24)19(27-20)30-12-13-32(5,6)7/h8-11H,12-13H2,1-7H3,(H,25,26,27). The number of aromatic nitrogens is 2. The molecule has 172 valence electrons. The third-order valence-corrected chi connectivity index (χ3v) is 6.37. The van der Waals surface area contributed by atoms with Crippen LogP contribution < -0.4 is 15.0 Å². The first-order valence-corrected chi connectivity index (χ1v) is 14.7. The number of hydrogen-bond acceptors (Lipinski definition) is 7. The fraction of sp³-hybridized carbons (Fsp3) is 0.455. The van der Waals surface area contributed by atoms with Crippen molar-refractivity contribution in [2.45, 2.75) is 52.1 Å². The number of amides is 1. The van der Waals surface area contributed by atoms with Crippen molar-refractivity contribution in [1.82, 2.24) is 9.97 Å². The fourth-order valence-corrected chi connectivity index (χ4v) is 3.39. The van der Waals surface area contributed by atoms with Crippen molar-refractivity contribution in [2.75, 3.05) is 23.9 Å². The molecule has 1 heterocycles. The van der Waals surface area contributed by atoms with Gasteiger partial charge in [-0.3, -0.25) is 0 Å². The van der Waals surface area contributed by atoms with Crippen LogP contribution >= 0.6 is 15.9 Å². The molecule has 1 amide bonds. The molecule has 8 nitrogen and oxygen atoms in total. The molecule has 0 spiro atoms. The highest BCUT2D eigenvalue weighted by Gasteiger charge is 2.25. The van der Waals surface area contributed by atoms with Gasteiger partial charge in [0.05, 0.1) is 6.61 Å². The van der Waals surface area contributed by atoms with Gasteiger partial charge in [-0.15, -0.1) is 0 Å². The van der Waals surface area contributed by atoms with E-state index in [1.54, 1.807) is 20.8 Å². The molecule has 0 fully saturated rings. The van der Waals surface area contributed by atoms with Crippen molar-refractivity contribution in [3.05, 3.63) is 34.3 Å². The van der Waals surface area contributed by atoms with Crippen LogP contribution in [0.3, 0.4) is 0 Å². The van der Waals surface area contributed by atoms with E-state index in [1.807, 2.05) is 24.3 Å². The van der Waals surface area contributed by atoms with Gasteiger partial charge >= 0.3 is 6.09 Å². The van der Waals surface area contributed by atoms with Crippen LogP contribution in [0.1, 0.15) is 26.3 Å². The van der Waals surface area contributed by atoms with Crippen LogP contribution in [0.4, 0.5) is 22.2 Å². The molecule has 2 rings (SSSR count). The van der Waals surface area contributed by atoms with Gasteiger partial charge in [-0.2, -0.15) is 15.2 Å². The van der Waals surface area contributed by atoms with Gasteiger partial charge < -0.3 is 14.8 Å². The molecule has 0 unspecified atom stereocenters. The Balaban J connectivity index is 2.45. The zero-order valence-electron chi connectivity index (χ0n) is 19.6. The number of nitrogens with zero attached hydrogens (tertiary/aromatic N) is 4. The van der Waals surface area contributed by atoms with E-state index in [2.05, 4.69) is 56.9 Å². The quantitative estimate of drug-likeness (QED) is 0.451. The Morgan fingerprint density at radius 1 is 1.22 bits per heavy atom. The smallest absolute Gasteiger partial charge is 0.416 e. The lowest BCUT2D eigenvalue weighted by Crippen LogP contribution is -2.35. The van der Waals surface area contributed by atoms with E-state index >= 15 is 0 Å². The summed E-state index contributed by atoms with van der Waals surface area (Å²) in [7, 11) is 0.164. The van der Waals surface area contributed by atoms with Crippen LogP contribution in [0.2, 0.25) is 25.7 Å². The van der Waals surface area contributed by atoms with E-state index in [-0.39, 0.29) is 23.2 Å². The third kappa shape index (κ3) is 7.80. The second kappa shape index (κ2) is 10.3. The predicted octanol–water partition coefficient (Wildman–Crippen LogP) is 5.94.